The number of rotatable bonds is 4. The van der Waals surface area contributed by atoms with E-state index in [1.54, 1.807) is 30.5 Å². The number of carbonyl (C=O) groups excluding carboxylic acids is 1. The third-order valence-corrected chi connectivity index (χ3v) is 4.98. The van der Waals surface area contributed by atoms with Crippen molar-refractivity contribution in [2.45, 2.75) is 17.2 Å². The van der Waals surface area contributed by atoms with Crippen molar-refractivity contribution in [2.24, 2.45) is 0 Å². The van der Waals surface area contributed by atoms with Crippen LogP contribution in [0.1, 0.15) is 16.6 Å². The minimum Gasteiger partial charge on any atom is -0.292 e. The van der Waals surface area contributed by atoms with Crippen molar-refractivity contribution in [1.29, 1.82) is 0 Å². The van der Waals surface area contributed by atoms with Crippen LogP contribution in [0.2, 0.25) is 9.36 Å². The molecule has 0 N–H and O–H groups in total. The summed E-state index contributed by atoms with van der Waals surface area (Å²) in [6.45, 7) is 1.84. The number of nitrogens with zero attached hydrogens (tertiary/aromatic N) is 1. The Hall–Kier alpha value is -0.550. The molecule has 0 aliphatic carbocycles. The van der Waals surface area contributed by atoms with Gasteiger partial charge in [0, 0.05) is 6.20 Å². The molecule has 2 rings (SSSR count). The maximum Gasteiger partial charge on any atom is 0.185 e. The molecule has 2 nitrogen and oxygen atoms in total. The number of ketones is 1. The molecule has 0 bridgehead atoms. The molecular weight excluding hydrogens is 309 g/mol. The van der Waals surface area contributed by atoms with Crippen LogP contribution in [0.3, 0.4) is 0 Å². The predicted molar refractivity (Wildman–Crippen MR) is 78.2 cm³/mol. The van der Waals surface area contributed by atoms with Crippen molar-refractivity contribution in [3.8, 4) is 0 Å². The standard InChI is InChI=1S/C12H9Cl2NOS2/c1-7(11(16)9-4-5-10(14)18-9)17-12-8(13)3-2-6-15-12/h2-7H,1H3. The Morgan fingerprint density at radius 1 is 1.39 bits per heavy atom. The maximum absolute atomic E-state index is 12.1. The van der Waals surface area contributed by atoms with Crippen LogP contribution in [0.4, 0.5) is 0 Å². The fraction of sp³-hybridized carbons (Fsp3) is 0.167. The van der Waals surface area contributed by atoms with Gasteiger partial charge >= 0.3 is 0 Å². The molecule has 1 atom stereocenters. The summed E-state index contributed by atoms with van der Waals surface area (Å²) in [5, 5.41) is 0.987. The Morgan fingerprint density at radius 2 is 2.17 bits per heavy atom. The van der Waals surface area contributed by atoms with Gasteiger partial charge in [-0.05, 0) is 31.2 Å². The van der Waals surface area contributed by atoms with Crippen LogP contribution in [0.15, 0.2) is 35.5 Å². The zero-order valence-corrected chi connectivity index (χ0v) is 12.5. The van der Waals surface area contributed by atoms with E-state index in [1.165, 1.54) is 23.1 Å². The highest BCUT2D eigenvalue weighted by atomic mass is 35.5. The lowest BCUT2D eigenvalue weighted by Crippen LogP contribution is -2.12. The van der Waals surface area contributed by atoms with E-state index in [0.717, 1.165) is 0 Å². The monoisotopic (exact) mass is 317 g/mol. The first-order chi connectivity index (χ1) is 8.58. The first kappa shape index (κ1) is 13.9. The normalized spacial score (nSPS) is 12.4. The van der Waals surface area contributed by atoms with Gasteiger partial charge in [-0.25, -0.2) is 4.98 Å². The van der Waals surface area contributed by atoms with Crippen LogP contribution < -0.4 is 0 Å². The minimum absolute atomic E-state index is 0.0404. The number of thiophene rings is 1. The summed E-state index contributed by atoms with van der Waals surface area (Å²) < 4.78 is 0.617. The Labute approximate surface area is 123 Å². The maximum atomic E-state index is 12.1. The molecule has 0 fully saturated rings. The second-order valence-electron chi connectivity index (χ2n) is 3.52. The molecule has 0 aromatic carbocycles. The van der Waals surface area contributed by atoms with Gasteiger partial charge in [-0.2, -0.15) is 0 Å². The summed E-state index contributed by atoms with van der Waals surface area (Å²) >= 11 is 14.5. The van der Waals surface area contributed by atoms with Gasteiger partial charge in [0.15, 0.2) is 5.78 Å². The molecule has 0 saturated heterocycles. The highest BCUT2D eigenvalue weighted by Crippen LogP contribution is 2.31. The van der Waals surface area contributed by atoms with E-state index in [0.29, 0.717) is 19.3 Å². The van der Waals surface area contributed by atoms with E-state index in [9.17, 15) is 4.79 Å². The lowest BCUT2D eigenvalue weighted by molar-refractivity contribution is 0.0998. The van der Waals surface area contributed by atoms with E-state index in [1.807, 2.05) is 6.92 Å². The van der Waals surface area contributed by atoms with Gasteiger partial charge in [0.1, 0.15) is 5.03 Å². The molecular formula is C12H9Cl2NOS2. The smallest absolute Gasteiger partial charge is 0.185 e. The molecule has 0 aliphatic rings. The van der Waals surface area contributed by atoms with Crippen molar-refractivity contribution in [3.05, 3.63) is 44.7 Å². The average Bonchev–Trinajstić information content (AvgIpc) is 2.78. The molecule has 18 heavy (non-hydrogen) atoms. The number of thioether (sulfide) groups is 1. The fourth-order valence-corrected chi connectivity index (χ4v) is 3.60. The quantitative estimate of drug-likeness (QED) is 0.598. The second-order valence-corrected chi connectivity index (χ2v) is 6.97. The highest BCUT2D eigenvalue weighted by molar-refractivity contribution is 8.00. The zero-order chi connectivity index (χ0) is 13.1. The summed E-state index contributed by atoms with van der Waals surface area (Å²) in [5.74, 6) is 0.0404. The van der Waals surface area contributed by atoms with E-state index in [2.05, 4.69) is 4.98 Å². The molecule has 0 spiro atoms. The van der Waals surface area contributed by atoms with Crippen LogP contribution in [-0.4, -0.2) is 16.0 Å². The number of hydrogen-bond acceptors (Lipinski definition) is 4. The Morgan fingerprint density at radius 3 is 2.78 bits per heavy atom. The van der Waals surface area contributed by atoms with Crippen molar-refractivity contribution in [3.63, 3.8) is 0 Å². The Balaban J connectivity index is 2.11. The number of pyridine rings is 1. The number of aromatic nitrogens is 1. The van der Waals surface area contributed by atoms with Crippen molar-refractivity contribution in [2.75, 3.05) is 0 Å². The van der Waals surface area contributed by atoms with E-state index >= 15 is 0 Å². The van der Waals surface area contributed by atoms with Crippen molar-refractivity contribution >= 4 is 52.1 Å². The molecule has 2 aromatic heterocycles. The molecule has 1 unspecified atom stereocenters. The first-order valence-corrected chi connectivity index (χ1v) is 7.60. The van der Waals surface area contributed by atoms with Gasteiger partial charge in [-0.15, -0.1) is 11.3 Å². The molecule has 0 aliphatic heterocycles. The lowest BCUT2D eigenvalue weighted by atomic mass is 10.2. The van der Waals surface area contributed by atoms with Gasteiger partial charge in [0.2, 0.25) is 0 Å². The summed E-state index contributed by atoms with van der Waals surface area (Å²) in [7, 11) is 0. The van der Waals surface area contributed by atoms with Crippen LogP contribution in [0.5, 0.6) is 0 Å². The zero-order valence-electron chi connectivity index (χ0n) is 9.39. The SMILES string of the molecule is CC(Sc1ncccc1Cl)C(=O)c1ccc(Cl)s1. The summed E-state index contributed by atoms with van der Waals surface area (Å²) in [4.78, 5) is 16.9. The molecule has 0 amide bonds. The van der Waals surface area contributed by atoms with Gasteiger partial charge < -0.3 is 0 Å². The predicted octanol–water partition coefficient (Wildman–Crippen LogP) is 4.81. The van der Waals surface area contributed by atoms with Crippen molar-refractivity contribution < 1.29 is 4.79 Å². The molecule has 0 saturated carbocycles. The first-order valence-electron chi connectivity index (χ1n) is 5.14. The molecule has 6 heteroatoms. The largest absolute Gasteiger partial charge is 0.292 e. The Kier molecular flexibility index (Phi) is 4.67. The number of carbonyl (C=O) groups is 1. The minimum atomic E-state index is -0.243. The molecule has 2 heterocycles. The number of Topliss-reactive ketones (excluding diaryl/α,β-unsaturated/α-hetero) is 1. The molecule has 94 valence electrons. The summed E-state index contributed by atoms with van der Waals surface area (Å²) in [5.41, 5.74) is 0. The van der Waals surface area contributed by atoms with Crippen LogP contribution in [-0.2, 0) is 0 Å². The van der Waals surface area contributed by atoms with Crippen molar-refractivity contribution in [1.82, 2.24) is 4.98 Å². The average molecular weight is 318 g/mol. The third-order valence-electron chi connectivity index (χ3n) is 2.20. The van der Waals surface area contributed by atoms with Gasteiger partial charge in [0.25, 0.3) is 0 Å². The van der Waals surface area contributed by atoms with Gasteiger partial charge in [-0.1, -0.05) is 35.0 Å². The summed E-state index contributed by atoms with van der Waals surface area (Å²) in [6, 6.07) is 6.99. The van der Waals surface area contributed by atoms with E-state index < -0.39 is 0 Å². The highest BCUT2D eigenvalue weighted by Gasteiger charge is 2.19. The number of hydrogen-bond donors (Lipinski definition) is 0. The Bertz CT molecular complexity index is 571. The third kappa shape index (κ3) is 3.26. The van der Waals surface area contributed by atoms with Crippen LogP contribution >= 0.6 is 46.3 Å². The number of halogens is 2. The van der Waals surface area contributed by atoms with Crippen LogP contribution in [0.25, 0.3) is 0 Å². The van der Waals surface area contributed by atoms with E-state index in [4.69, 9.17) is 23.2 Å². The fourth-order valence-electron chi connectivity index (χ4n) is 1.33. The summed E-state index contributed by atoms with van der Waals surface area (Å²) in [6.07, 6.45) is 1.66. The molecule has 2 aromatic rings. The molecule has 0 radical (unpaired) electrons. The van der Waals surface area contributed by atoms with Crippen LogP contribution in [0, 0.1) is 0 Å². The van der Waals surface area contributed by atoms with Gasteiger partial charge in [-0.3, -0.25) is 4.79 Å². The second kappa shape index (κ2) is 6.06. The topological polar surface area (TPSA) is 30.0 Å². The van der Waals surface area contributed by atoms with Gasteiger partial charge in [0.05, 0.1) is 19.5 Å². The lowest BCUT2D eigenvalue weighted by Gasteiger charge is -2.09. The van der Waals surface area contributed by atoms with E-state index in [-0.39, 0.29) is 11.0 Å².